The van der Waals surface area contributed by atoms with Gasteiger partial charge in [0.25, 0.3) is 5.91 Å². The van der Waals surface area contributed by atoms with E-state index in [2.05, 4.69) is 13.8 Å². The van der Waals surface area contributed by atoms with E-state index >= 15 is 0 Å². The first-order valence-corrected chi connectivity index (χ1v) is 8.37. The molecule has 0 aliphatic rings. The van der Waals surface area contributed by atoms with Gasteiger partial charge in [-0.05, 0) is 56.4 Å². The van der Waals surface area contributed by atoms with Gasteiger partial charge < -0.3 is 9.64 Å². The summed E-state index contributed by atoms with van der Waals surface area (Å²) in [6.07, 6.45) is 1.15. The topological polar surface area (TPSA) is 46.6 Å². The molecule has 0 spiro atoms. The summed E-state index contributed by atoms with van der Waals surface area (Å²) in [6.45, 7) is 11.5. The number of carbonyl (C=O) groups is 2. The number of ether oxygens (including phenoxy) is 1. The SMILES string of the molecule is CCOC(=O)CCN(CCC(C)C)C(=O)c1ccc(C)c(C)c1. The highest BCUT2D eigenvalue weighted by molar-refractivity contribution is 5.94. The van der Waals surface area contributed by atoms with Crippen molar-refractivity contribution in [3.05, 3.63) is 34.9 Å². The average molecular weight is 319 g/mol. The van der Waals surface area contributed by atoms with Gasteiger partial charge in [-0.15, -0.1) is 0 Å². The van der Waals surface area contributed by atoms with Crippen LogP contribution in [0.3, 0.4) is 0 Å². The maximum atomic E-state index is 12.8. The number of esters is 1. The summed E-state index contributed by atoms with van der Waals surface area (Å²) in [5.41, 5.74) is 2.95. The van der Waals surface area contributed by atoms with Crippen LogP contribution in [0, 0.1) is 19.8 Å². The number of benzene rings is 1. The molecule has 1 aromatic rings. The minimum absolute atomic E-state index is 0.0157. The van der Waals surface area contributed by atoms with E-state index < -0.39 is 0 Å². The number of aryl methyl sites for hydroxylation is 2. The highest BCUT2D eigenvalue weighted by Gasteiger charge is 2.18. The molecule has 0 aliphatic carbocycles. The molecule has 0 heterocycles. The Morgan fingerprint density at radius 3 is 2.39 bits per heavy atom. The molecule has 1 aromatic carbocycles. The third-order valence-electron chi connectivity index (χ3n) is 3.91. The van der Waals surface area contributed by atoms with E-state index in [1.165, 1.54) is 5.56 Å². The Morgan fingerprint density at radius 1 is 1.13 bits per heavy atom. The fourth-order valence-electron chi connectivity index (χ4n) is 2.25. The smallest absolute Gasteiger partial charge is 0.307 e. The van der Waals surface area contributed by atoms with Crippen LogP contribution in [0.15, 0.2) is 18.2 Å². The third-order valence-corrected chi connectivity index (χ3v) is 3.91. The van der Waals surface area contributed by atoms with Crippen molar-refractivity contribution in [2.75, 3.05) is 19.7 Å². The van der Waals surface area contributed by atoms with Crippen molar-refractivity contribution in [1.29, 1.82) is 0 Å². The molecule has 0 saturated carbocycles. The lowest BCUT2D eigenvalue weighted by molar-refractivity contribution is -0.143. The van der Waals surface area contributed by atoms with Gasteiger partial charge in [-0.2, -0.15) is 0 Å². The van der Waals surface area contributed by atoms with Gasteiger partial charge in [-0.1, -0.05) is 19.9 Å². The Hall–Kier alpha value is -1.84. The number of hydrogen-bond acceptors (Lipinski definition) is 3. The van der Waals surface area contributed by atoms with E-state index in [9.17, 15) is 9.59 Å². The number of rotatable bonds is 8. The fourth-order valence-corrected chi connectivity index (χ4v) is 2.25. The molecular formula is C19H29NO3. The predicted octanol–water partition coefficient (Wildman–Crippen LogP) is 3.74. The van der Waals surface area contributed by atoms with Crippen LogP contribution in [0.1, 0.15) is 55.1 Å². The molecule has 0 atom stereocenters. The van der Waals surface area contributed by atoms with Crippen LogP contribution >= 0.6 is 0 Å². The molecule has 0 aromatic heterocycles. The van der Waals surface area contributed by atoms with Crippen molar-refractivity contribution in [1.82, 2.24) is 4.90 Å². The Bertz CT molecular complexity index is 537. The molecule has 0 unspecified atom stereocenters. The predicted molar refractivity (Wildman–Crippen MR) is 92.5 cm³/mol. The second-order valence-corrected chi connectivity index (χ2v) is 6.33. The van der Waals surface area contributed by atoms with E-state index in [4.69, 9.17) is 4.74 Å². The van der Waals surface area contributed by atoms with Gasteiger partial charge in [-0.3, -0.25) is 9.59 Å². The van der Waals surface area contributed by atoms with Crippen LogP contribution in [0.5, 0.6) is 0 Å². The van der Waals surface area contributed by atoms with Gasteiger partial charge in [-0.25, -0.2) is 0 Å². The Morgan fingerprint density at radius 2 is 1.83 bits per heavy atom. The summed E-state index contributed by atoms with van der Waals surface area (Å²) in [5, 5.41) is 0. The van der Waals surface area contributed by atoms with E-state index in [1.807, 2.05) is 32.0 Å². The van der Waals surface area contributed by atoms with Gasteiger partial charge >= 0.3 is 5.97 Å². The summed E-state index contributed by atoms with van der Waals surface area (Å²) in [5.74, 6) is 0.237. The first-order chi connectivity index (χ1) is 10.8. The summed E-state index contributed by atoms with van der Waals surface area (Å²) < 4.78 is 4.96. The van der Waals surface area contributed by atoms with Gasteiger partial charge in [0, 0.05) is 18.7 Å². The van der Waals surface area contributed by atoms with Crippen LogP contribution in [-0.4, -0.2) is 36.5 Å². The quantitative estimate of drug-likeness (QED) is 0.686. The standard InChI is InChI=1S/C19H29NO3/c1-6-23-18(21)10-12-20(11-9-14(2)3)19(22)17-8-7-15(4)16(5)13-17/h7-8,13-14H,6,9-12H2,1-5H3. The van der Waals surface area contributed by atoms with Crippen molar-refractivity contribution in [3.8, 4) is 0 Å². The van der Waals surface area contributed by atoms with Crippen LogP contribution in [0.4, 0.5) is 0 Å². The van der Waals surface area contributed by atoms with Crippen molar-refractivity contribution < 1.29 is 14.3 Å². The van der Waals surface area contributed by atoms with Gasteiger partial charge in [0.2, 0.25) is 0 Å². The largest absolute Gasteiger partial charge is 0.466 e. The molecule has 0 bridgehead atoms. The van der Waals surface area contributed by atoms with Crippen molar-refractivity contribution >= 4 is 11.9 Å². The lowest BCUT2D eigenvalue weighted by Crippen LogP contribution is -2.34. The van der Waals surface area contributed by atoms with Crippen LogP contribution in [0.25, 0.3) is 0 Å². The molecule has 4 heteroatoms. The van der Waals surface area contributed by atoms with E-state index in [0.717, 1.165) is 12.0 Å². The van der Waals surface area contributed by atoms with Crippen molar-refractivity contribution in [2.24, 2.45) is 5.92 Å². The van der Waals surface area contributed by atoms with Gasteiger partial charge in [0.1, 0.15) is 0 Å². The highest BCUT2D eigenvalue weighted by Crippen LogP contribution is 2.14. The Balaban J connectivity index is 2.81. The number of hydrogen-bond donors (Lipinski definition) is 0. The maximum Gasteiger partial charge on any atom is 0.307 e. The zero-order valence-electron chi connectivity index (χ0n) is 15.0. The molecule has 1 rings (SSSR count). The van der Waals surface area contributed by atoms with Crippen molar-refractivity contribution in [2.45, 2.75) is 47.5 Å². The summed E-state index contributed by atoms with van der Waals surface area (Å²) in [6, 6.07) is 5.75. The maximum absolute atomic E-state index is 12.8. The monoisotopic (exact) mass is 319 g/mol. The molecule has 4 nitrogen and oxygen atoms in total. The molecule has 0 fully saturated rings. The second kappa shape index (κ2) is 9.33. The molecule has 0 saturated heterocycles. The average Bonchev–Trinajstić information content (AvgIpc) is 2.49. The van der Waals surface area contributed by atoms with E-state index in [0.29, 0.717) is 31.2 Å². The Labute approximate surface area is 139 Å². The zero-order valence-corrected chi connectivity index (χ0v) is 15.0. The number of amides is 1. The lowest BCUT2D eigenvalue weighted by Gasteiger charge is -2.23. The summed E-state index contributed by atoms with van der Waals surface area (Å²) >= 11 is 0. The minimum Gasteiger partial charge on any atom is -0.466 e. The summed E-state index contributed by atoms with van der Waals surface area (Å²) in [4.78, 5) is 26.1. The number of nitrogens with zero attached hydrogens (tertiary/aromatic N) is 1. The molecule has 0 N–H and O–H groups in total. The molecular weight excluding hydrogens is 290 g/mol. The fraction of sp³-hybridized carbons (Fsp3) is 0.579. The summed E-state index contributed by atoms with van der Waals surface area (Å²) in [7, 11) is 0. The zero-order chi connectivity index (χ0) is 17.4. The highest BCUT2D eigenvalue weighted by atomic mass is 16.5. The lowest BCUT2D eigenvalue weighted by atomic mass is 10.0. The molecule has 128 valence electrons. The minimum atomic E-state index is -0.255. The normalized spacial score (nSPS) is 10.7. The molecule has 0 radical (unpaired) electrons. The van der Waals surface area contributed by atoms with Crippen molar-refractivity contribution in [3.63, 3.8) is 0 Å². The Kier molecular flexibility index (Phi) is 7.79. The van der Waals surface area contributed by atoms with Gasteiger partial charge in [0.05, 0.1) is 13.0 Å². The third kappa shape index (κ3) is 6.43. The van der Waals surface area contributed by atoms with Crippen LogP contribution in [0.2, 0.25) is 0 Å². The second-order valence-electron chi connectivity index (χ2n) is 6.33. The van der Waals surface area contributed by atoms with E-state index in [1.54, 1.807) is 11.8 Å². The molecule has 0 aliphatic heterocycles. The first kappa shape index (κ1) is 19.2. The molecule has 23 heavy (non-hydrogen) atoms. The number of carbonyl (C=O) groups excluding carboxylic acids is 2. The van der Waals surface area contributed by atoms with Crippen LogP contribution < -0.4 is 0 Å². The molecule has 1 amide bonds. The van der Waals surface area contributed by atoms with Gasteiger partial charge in [0.15, 0.2) is 0 Å². The van der Waals surface area contributed by atoms with E-state index in [-0.39, 0.29) is 18.3 Å². The van der Waals surface area contributed by atoms with Crippen LogP contribution in [-0.2, 0) is 9.53 Å². The first-order valence-electron chi connectivity index (χ1n) is 8.37.